The summed E-state index contributed by atoms with van der Waals surface area (Å²) in [5.74, 6) is 0.708. The van der Waals surface area contributed by atoms with Crippen molar-refractivity contribution in [2.75, 3.05) is 26.2 Å². The van der Waals surface area contributed by atoms with Crippen LogP contribution in [0.4, 0.5) is 0 Å². The van der Waals surface area contributed by atoms with Crippen molar-refractivity contribution < 1.29 is 15.0 Å². The van der Waals surface area contributed by atoms with E-state index >= 15 is 0 Å². The molecule has 7 nitrogen and oxygen atoms in total. The molecule has 4 aliphatic heterocycles. The first-order chi connectivity index (χ1) is 21.0. The third kappa shape index (κ3) is 4.42. The second kappa shape index (κ2) is 10.4. The van der Waals surface area contributed by atoms with Gasteiger partial charge in [-0.2, -0.15) is 0 Å². The van der Waals surface area contributed by atoms with Gasteiger partial charge in [0.15, 0.2) is 5.78 Å². The Bertz CT molecular complexity index is 1670. The molecule has 43 heavy (non-hydrogen) atoms. The molecule has 0 radical (unpaired) electrons. The number of rotatable bonds is 1. The number of aromatic amines is 1. The van der Waals surface area contributed by atoms with Crippen LogP contribution < -0.4 is 0 Å². The van der Waals surface area contributed by atoms with Crippen LogP contribution in [-0.4, -0.2) is 79.6 Å². The molecule has 1 aliphatic carbocycles. The molecule has 224 valence electrons. The highest BCUT2D eigenvalue weighted by molar-refractivity contribution is 6.10. The molecule has 3 aromatic rings. The molecule has 1 aromatic carbocycles. The van der Waals surface area contributed by atoms with E-state index in [9.17, 15) is 15.0 Å². The molecule has 3 bridgehead atoms. The van der Waals surface area contributed by atoms with E-state index in [1.165, 1.54) is 12.8 Å². The van der Waals surface area contributed by atoms with Crippen LogP contribution in [-0.2, 0) is 4.79 Å². The van der Waals surface area contributed by atoms with Crippen molar-refractivity contribution in [1.29, 1.82) is 0 Å². The Morgan fingerprint density at radius 2 is 1.93 bits per heavy atom. The Morgan fingerprint density at radius 3 is 2.86 bits per heavy atom. The van der Waals surface area contributed by atoms with E-state index in [0.29, 0.717) is 12.8 Å². The Balaban J connectivity index is 1.34. The molecule has 6 heterocycles. The number of nitrogens with zero attached hydrogens (tertiary/aromatic N) is 3. The summed E-state index contributed by atoms with van der Waals surface area (Å²) in [7, 11) is 0. The number of carbonyl (C=O) groups excluding carboxylic acids is 1. The lowest BCUT2D eigenvalue weighted by Gasteiger charge is -2.58. The maximum Gasteiger partial charge on any atom is 0.155 e. The highest BCUT2D eigenvalue weighted by Gasteiger charge is 2.65. The molecular formula is C36H42N4O3. The number of piperidine rings is 1. The lowest BCUT2D eigenvalue weighted by atomic mass is 9.54. The van der Waals surface area contributed by atoms with Crippen LogP contribution in [0, 0.1) is 11.3 Å². The summed E-state index contributed by atoms with van der Waals surface area (Å²) in [6.45, 7) is 3.92. The zero-order valence-corrected chi connectivity index (χ0v) is 24.8. The van der Waals surface area contributed by atoms with Crippen molar-refractivity contribution >= 4 is 33.2 Å². The molecule has 0 amide bonds. The molecular weight excluding hydrogens is 536 g/mol. The first kappa shape index (κ1) is 27.3. The lowest BCUT2D eigenvalue weighted by Crippen LogP contribution is -2.65. The Morgan fingerprint density at radius 1 is 1.02 bits per heavy atom. The number of aromatic hydroxyl groups is 1. The Kier molecular flexibility index (Phi) is 6.62. The molecule has 2 saturated heterocycles. The van der Waals surface area contributed by atoms with Crippen LogP contribution >= 0.6 is 0 Å². The van der Waals surface area contributed by atoms with E-state index < -0.39 is 5.60 Å². The number of allylic oxidation sites excluding steroid dienone is 4. The first-order valence-electron chi connectivity index (χ1n) is 16.3. The third-order valence-electron chi connectivity index (χ3n) is 11.2. The summed E-state index contributed by atoms with van der Waals surface area (Å²) in [5.41, 5.74) is 2.83. The summed E-state index contributed by atoms with van der Waals surface area (Å²) in [4.78, 5) is 26.4. The van der Waals surface area contributed by atoms with E-state index in [1.54, 1.807) is 6.07 Å². The van der Waals surface area contributed by atoms with Crippen molar-refractivity contribution in [3.8, 4) is 5.75 Å². The Labute approximate surface area is 253 Å². The second-order valence-corrected chi connectivity index (χ2v) is 13.7. The van der Waals surface area contributed by atoms with Gasteiger partial charge in [-0.1, -0.05) is 18.2 Å². The van der Waals surface area contributed by atoms with Gasteiger partial charge in [0.25, 0.3) is 0 Å². The van der Waals surface area contributed by atoms with Gasteiger partial charge < -0.3 is 20.1 Å². The number of pyridine rings is 1. The van der Waals surface area contributed by atoms with Gasteiger partial charge in [0, 0.05) is 46.9 Å². The number of fused-ring (bicyclic) bond motifs is 5. The third-order valence-corrected chi connectivity index (χ3v) is 11.2. The highest BCUT2D eigenvalue weighted by Crippen LogP contribution is 2.61. The zero-order chi connectivity index (χ0) is 29.2. The molecule has 1 spiro atoms. The maximum absolute atomic E-state index is 13.0. The van der Waals surface area contributed by atoms with Gasteiger partial charge in [-0.25, -0.2) is 0 Å². The maximum atomic E-state index is 13.0. The fraction of sp³-hybridized carbons (Fsp3) is 0.500. The molecule has 2 unspecified atom stereocenters. The minimum absolute atomic E-state index is 0.0209. The number of H-pyrrole nitrogens is 1. The van der Waals surface area contributed by atoms with Crippen molar-refractivity contribution in [2.45, 2.75) is 75.5 Å². The number of aromatic nitrogens is 2. The van der Waals surface area contributed by atoms with Crippen LogP contribution in [0.1, 0.15) is 63.5 Å². The molecule has 5 aliphatic rings. The van der Waals surface area contributed by atoms with Crippen LogP contribution in [0.15, 0.2) is 60.8 Å². The van der Waals surface area contributed by atoms with E-state index in [0.717, 1.165) is 91.4 Å². The van der Waals surface area contributed by atoms with Crippen LogP contribution in [0.5, 0.6) is 5.75 Å². The standard InChI is InChI=1S/C36H42N4O3/c41-25-8-7-18-40-24(9-10-25)21-35-23-39-17-6-4-2-1-3-5-15-36(43,34(35)40)22-29(30(35)14-19-39)32-33-27(13-16-37-32)28-20-26(42)11-12-31(28)38-33/h1,3,9-13,16,20,22,24,30,34,38,42-43H,2,4-8,14-15,17-19,21,23H2/b3-1-,10-9-/t24-,30?,34-,35+,36+/m1/s1. The monoisotopic (exact) mass is 578 g/mol. The average molecular weight is 579 g/mol. The van der Waals surface area contributed by atoms with E-state index in [1.807, 2.05) is 30.5 Å². The normalized spacial score (nSPS) is 36.5. The van der Waals surface area contributed by atoms with Gasteiger partial charge in [0.05, 0.1) is 22.9 Å². The summed E-state index contributed by atoms with van der Waals surface area (Å²) in [5, 5.41) is 25.3. The van der Waals surface area contributed by atoms with E-state index in [-0.39, 0.29) is 34.9 Å². The molecule has 7 heteroatoms. The number of nitrogens with one attached hydrogen (secondary N) is 1. The molecule has 2 fully saturated rings. The fourth-order valence-corrected chi connectivity index (χ4v) is 9.55. The predicted molar refractivity (Wildman–Crippen MR) is 170 cm³/mol. The number of hydrogen-bond acceptors (Lipinski definition) is 6. The van der Waals surface area contributed by atoms with Crippen molar-refractivity contribution in [2.24, 2.45) is 11.3 Å². The summed E-state index contributed by atoms with van der Waals surface area (Å²) in [6, 6.07) is 7.61. The highest BCUT2D eigenvalue weighted by atomic mass is 16.3. The van der Waals surface area contributed by atoms with Crippen LogP contribution in [0.3, 0.4) is 0 Å². The average Bonchev–Trinajstić information content (AvgIpc) is 3.51. The predicted octanol–water partition coefficient (Wildman–Crippen LogP) is 5.74. The summed E-state index contributed by atoms with van der Waals surface area (Å²) >= 11 is 0. The number of carbonyl (C=O) groups is 1. The topological polar surface area (TPSA) is 92.7 Å². The first-order valence-corrected chi connectivity index (χ1v) is 16.3. The smallest absolute Gasteiger partial charge is 0.155 e. The molecule has 3 N–H and O–H groups in total. The quantitative estimate of drug-likeness (QED) is 0.319. The van der Waals surface area contributed by atoms with Crippen molar-refractivity contribution in [1.82, 2.24) is 19.8 Å². The van der Waals surface area contributed by atoms with Gasteiger partial charge >= 0.3 is 0 Å². The van der Waals surface area contributed by atoms with Gasteiger partial charge in [-0.05, 0) is 119 Å². The number of hydrogen-bond donors (Lipinski definition) is 3. The number of benzene rings is 1. The van der Waals surface area contributed by atoms with E-state index in [2.05, 4.69) is 39.1 Å². The molecule has 0 saturated carbocycles. The van der Waals surface area contributed by atoms with Crippen LogP contribution in [0.2, 0.25) is 0 Å². The van der Waals surface area contributed by atoms with E-state index in [4.69, 9.17) is 4.98 Å². The number of phenols is 1. The largest absolute Gasteiger partial charge is 0.508 e. The summed E-state index contributed by atoms with van der Waals surface area (Å²) < 4.78 is 0. The molecule has 8 rings (SSSR count). The van der Waals surface area contributed by atoms with Gasteiger partial charge in [0.2, 0.25) is 0 Å². The van der Waals surface area contributed by atoms with Gasteiger partial charge in [0.1, 0.15) is 5.75 Å². The number of ketones is 1. The van der Waals surface area contributed by atoms with Gasteiger partial charge in [-0.15, -0.1) is 0 Å². The molecule has 6 atom stereocenters. The van der Waals surface area contributed by atoms with Crippen molar-refractivity contribution in [3.05, 3.63) is 66.5 Å². The Hall–Kier alpha value is -3.26. The van der Waals surface area contributed by atoms with Gasteiger partial charge in [-0.3, -0.25) is 14.7 Å². The minimum Gasteiger partial charge on any atom is -0.508 e. The van der Waals surface area contributed by atoms with Crippen molar-refractivity contribution in [3.63, 3.8) is 0 Å². The second-order valence-electron chi connectivity index (χ2n) is 13.7. The lowest BCUT2D eigenvalue weighted by molar-refractivity contribution is -0.115. The SMILES string of the molecule is O=C1/C=C\[C@@H]2C[C@]34CN5CCCC/C=C\CC[C@](O)(C=C(c6nccc7c6[nH]c6ccc(O)cc67)C3CC5)[C@@H]4N2CCC1. The summed E-state index contributed by atoms with van der Waals surface area (Å²) in [6.07, 6.45) is 21.0. The van der Waals surface area contributed by atoms with Crippen LogP contribution in [0.25, 0.3) is 27.4 Å². The fourth-order valence-electron chi connectivity index (χ4n) is 9.55. The number of phenolic OH excluding ortho intramolecular Hbond substituents is 1. The number of aliphatic hydroxyl groups is 1. The minimum atomic E-state index is -1.03. The molecule has 2 aromatic heterocycles. The zero-order valence-electron chi connectivity index (χ0n) is 24.8.